The Balaban J connectivity index is 2.56. The molecule has 2 aromatic rings. The van der Waals surface area contributed by atoms with Gasteiger partial charge in [0.2, 0.25) is 0 Å². The third-order valence-electron chi connectivity index (χ3n) is 2.78. The number of hydrogen-bond donors (Lipinski definition) is 0. The van der Waals surface area contributed by atoms with Gasteiger partial charge in [-0.2, -0.15) is 5.26 Å². The molecular formula is C13H7F2N3O3. The third-order valence-corrected chi connectivity index (χ3v) is 2.78. The molecule has 2 rings (SSSR count). The van der Waals surface area contributed by atoms with Crippen LogP contribution in [-0.2, 0) is 6.54 Å². The van der Waals surface area contributed by atoms with Gasteiger partial charge in [-0.1, -0.05) is 12.1 Å². The van der Waals surface area contributed by atoms with Crippen molar-refractivity contribution < 1.29 is 13.7 Å². The van der Waals surface area contributed by atoms with Crippen LogP contribution in [0.1, 0.15) is 11.1 Å². The van der Waals surface area contributed by atoms with Crippen molar-refractivity contribution in [2.24, 2.45) is 0 Å². The molecule has 0 atom stereocenters. The largest absolute Gasteiger partial charge is 0.303 e. The molecule has 0 spiro atoms. The Morgan fingerprint density at radius 3 is 2.71 bits per heavy atom. The molecule has 0 saturated carbocycles. The van der Waals surface area contributed by atoms with Gasteiger partial charge in [0.25, 0.3) is 11.2 Å². The van der Waals surface area contributed by atoms with E-state index in [-0.39, 0.29) is 5.56 Å². The van der Waals surface area contributed by atoms with Gasteiger partial charge in [-0.25, -0.2) is 8.78 Å². The summed E-state index contributed by atoms with van der Waals surface area (Å²) < 4.78 is 27.5. The summed E-state index contributed by atoms with van der Waals surface area (Å²) in [4.78, 5) is 21.9. The third kappa shape index (κ3) is 2.76. The number of nitro groups is 1. The van der Waals surface area contributed by atoms with Crippen molar-refractivity contribution in [1.82, 2.24) is 4.57 Å². The molecule has 0 aliphatic rings. The summed E-state index contributed by atoms with van der Waals surface area (Å²) in [5.41, 5.74) is -1.89. The number of halogens is 2. The number of nitriles is 1. The van der Waals surface area contributed by atoms with E-state index in [9.17, 15) is 23.7 Å². The molecule has 0 unspecified atom stereocenters. The van der Waals surface area contributed by atoms with E-state index < -0.39 is 39.9 Å². The lowest BCUT2D eigenvalue weighted by molar-refractivity contribution is -0.385. The fraction of sp³-hybridized carbons (Fsp3) is 0.0769. The van der Waals surface area contributed by atoms with E-state index in [1.807, 2.05) is 0 Å². The molecule has 0 amide bonds. The summed E-state index contributed by atoms with van der Waals surface area (Å²) in [5.74, 6) is -2.24. The van der Waals surface area contributed by atoms with Crippen molar-refractivity contribution in [2.75, 3.05) is 0 Å². The molecule has 1 aromatic carbocycles. The molecule has 21 heavy (non-hydrogen) atoms. The Kier molecular flexibility index (Phi) is 3.75. The molecular weight excluding hydrogens is 284 g/mol. The Morgan fingerprint density at radius 2 is 2.10 bits per heavy atom. The predicted octanol–water partition coefficient (Wildman–Crippen LogP) is 1.95. The van der Waals surface area contributed by atoms with Crippen LogP contribution in [0.5, 0.6) is 0 Å². The zero-order chi connectivity index (χ0) is 15.6. The summed E-state index contributed by atoms with van der Waals surface area (Å²) in [7, 11) is 0. The number of nitrogens with zero attached hydrogens (tertiary/aromatic N) is 3. The zero-order valence-corrected chi connectivity index (χ0v) is 10.4. The van der Waals surface area contributed by atoms with Gasteiger partial charge in [0.1, 0.15) is 11.6 Å². The second-order valence-electron chi connectivity index (χ2n) is 4.13. The first-order valence-electron chi connectivity index (χ1n) is 5.66. The smallest absolute Gasteiger partial charge is 0.287 e. The maximum absolute atomic E-state index is 13.6. The fourth-order valence-corrected chi connectivity index (χ4v) is 1.77. The average Bonchev–Trinajstić information content (AvgIpc) is 2.45. The van der Waals surface area contributed by atoms with Crippen LogP contribution in [0.3, 0.4) is 0 Å². The first-order valence-corrected chi connectivity index (χ1v) is 5.66. The highest BCUT2D eigenvalue weighted by molar-refractivity contribution is 5.38. The highest BCUT2D eigenvalue weighted by Crippen LogP contribution is 2.15. The zero-order valence-electron chi connectivity index (χ0n) is 10.4. The normalized spacial score (nSPS) is 10.1. The summed E-state index contributed by atoms with van der Waals surface area (Å²) in [5, 5.41) is 19.5. The molecule has 106 valence electrons. The molecule has 8 heteroatoms. The number of benzene rings is 1. The van der Waals surface area contributed by atoms with Crippen molar-refractivity contribution >= 4 is 5.69 Å². The molecule has 0 fully saturated rings. The van der Waals surface area contributed by atoms with Crippen molar-refractivity contribution in [3.8, 4) is 6.07 Å². The van der Waals surface area contributed by atoms with E-state index >= 15 is 0 Å². The standard InChI is InChI=1S/C13H7F2N3O3/c14-11-3-1-2-8(12(11)15)6-17-7-10(18(20)21)4-9(5-16)13(17)19/h1-4,7H,6H2. The van der Waals surface area contributed by atoms with Crippen molar-refractivity contribution in [1.29, 1.82) is 5.26 Å². The minimum Gasteiger partial charge on any atom is -0.303 e. The van der Waals surface area contributed by atoms with E-state index in [0.717, 1.165) is 22.9 Å². The van der Waals surface area contributed by atoms with Gasteiger partial charge in [0.05, 0.1) is 17.7 Å². The minimum absolute atomic E-state index is 0.151. The molecule has 0 radical (unpaired) electrons. The topological polar surface area (TPSA) is 88.9 Å². The van der Waals surface area contributed by atoms with Crippen molar-refractivity contribution in [3.63, 3.8) is 0 Å². The van der Waals surface area contributed by atoms with Crippen LogP contribution in [0.4, 0.5) is 14.5 Å². The molecule has 1 aromatic heterocycles. The van der Waals surface area contributed by atoms with Crippen molar-refractivity contribution in [2.45, 2.75) is 6.54 Å². The summed E-state index contributed by atoms with van der Waals surface area (Å²) in [6.45, 7) is -0.418. The monoisotopic (exact) mass is 291 g/mol. The quantitative estimate of drug-likeness (QED) is 0.638. The van der Waals surface area contributed by atoms with Crippen LogP contribution in [0.2, 0.25) is 0 Å². The maximum Gasteiger partial charge on any atom is 0.287 e. The number of aromatic nitrogens is 1. The summed E-state index contributed by atoms with van der Waals surface area (Å²) in [6, 6.07) is 5.78. The first-order chi connectivity index (χ1) is 9.93. The Morgan fingerprint density at radius 1 is 1.38 bits per heavy atom. The number of pyridine rings is 1. The van der Waals surface area contributed by atoms with E-state index in [1.54, 1.807) is 0 Å². The number of hydrogen-bond acceptors (Lipinski definition) is 4. The van der Waals surface area contributed by atoms with Crippen LogP contribution in [0.25, 0.3) is 0 Å². The molecule has 0 aliphatic carbocycles. The Labute approximate surface area is 116 Å². The van der Waals surface area contributed by atoms with Gasteiger partial charge in [-0.3, -0.25) is 14.9 Å². The van der Waals surface area contributed by atoms with Gasteiger partial charge in [0.15, 0.2) is 11.6 Å². The lowest BCUT2D eigenvalue weighted by Crippen LogP contribution is -2.23. The second kappa shape index (κ2) is 5.50. The van der Waals surface area contributed by atoms with Crippen LogP contribution in [0.15, 0.2) is 35.3 Å². The molecule has 0 N–H and O–H groups in total. The maximum atomic E-state index is 13.6. The Hall–Kier alpha value is -3.08. The summed E-state index contributed by atoms with van der Waals surface area (Å²) in [6.07, 6.45) is 0.882. The van der Waals surface area contributed by atoms with Crippen LogP contribution in [-0.4, -0.2) is 9.49 Å². The van der Waals surface area contributed by atoms with Crippen LogP contribution >= 0.6 is 0 Å². The van der Waals surface area contributed by atoms with Gasteiger partial charge >= 0.3 is 0 Å². The van der Waals surface area contributed by atoms with E-state index in [2.05, 4.69) is 0 Å². The lowest BCUT2D eigenvalue weighted by Gasteiger charge is -2.07. The van der Waals surface area contributed by atoms with E-state index in [4.69, 9.17) is 5.26 Å². The lowest BCUT2D eigenvalue weighted by atomic mass is 10.2. The van der Waals surface area contributed by atoms with Gasteiger partial charge < -0.3 is 4.57 Å². The fourth-order valence-electron chi connectivity index (χ4n) is 1.77. The molecule has 1 heterocycles. The molecule has 0 bridgehead atoms. The minimum atomic E-state index is -1.14. The molecule has 0 saturated heterocycles. The molecule has 0 aliphatic heterocycles. The van der Waals surface area contributed by atoms with E-state index in [1.165, 1.54) is 18.2 Å². The van der Waals surface area contributed by atoms with Gasteiger partial charge in [0, 0.05) is 11.6 Å². The van der Waals surface area contributed by atoms with Crippen molar-refractivity contribution in [3.05, 3.63) is 73.7 Å². The number of rotatable bonds is 3. The highest BCUT2D eigenvalue weighted by Gasteiger charge is 2.15. The van der Waals surface area contributed by atoms with Gasteiger partial charge in [-0.05, 0) is 6.07 Å². The second-order valence-corrected chi connectivity index (χ2v) is 4.13. The Bertz CT molecular complexity index is 824. The first kappa shape index (κ1) is 14.3. The van der Waals surface area contributed by atoms with E-state index in [0.29, 0.717) is 0 Å². The van der Waals surface area contributed by atoms with Crippen LogP contribution < -0.4 is 5.56 Å². The predicted molar refractivity (Wildman–Crippen MR) is 67.5 cm³/mol. The molecule has 6 nitrogen and oxygen atoms in total. The highest BCUT2D eigenvalue weighted by atomic mass is 19.2. The van der Waals surface area contributed by atoms with Gasteiger partial charge in [-0.15, -0.1) is 0 Å². The van der Waals surface area contributed by atoms with Crippen LogP contribution in [0, 0.1) is 33.1 Å². The SMILES string of the molecule is N#Cc1cc([N+](=O)[O-])cn(Cc2cccc(F)c2F)c1=O. The summed E-state index contributed by atoms with van der Waals surface area (Å²) >= 11 is 0. The average molecular weight is 291 g/mol.